The zero-order chi connectivity index (χ0) is 17.3. The summed E-state index contributed by atoms with van der Waals surface area (Å²) in [5, 5.41) is 14.5. The predicted molar refractivity (Wildman–Crippen MR) is 92.5 cm³/mol. The van der Waals surface area contributed by atoms with E-state index < -0.39 is 0 Å². The van der Waals surface area contributed by atoms with Crippen molar-refractivity contribution in [3.63, 3.8) is 0 Å². The van der Waals surface area contributed by atoms with Gasteiger partial charge in [-0.15, -0.1) is 0 Å². The van der Waals surface area contributed by atoms with E-state index >= 15 is 0 Å². The van der Waals surface area contributed by atoms with Crippen LogP contribution in [0.2, 0.25) is 0 Å². The zero-order valence-electron chi connectivity index (χ0n) is 14.2. The van der Waals surface area contributed by atoms with Gasteiger partial charge in [0.2, 0.25) is 5.88 Å². The lowest BCUT2D eigenvalue weighted by Gasteiger charge is -2.41. The molecule has 1 N–H and O–H groups in total. The molecule has 25 heavy (non-hydrogen) atoms. The molecule has 1 aromatic carbocycles. The van der Waals surface area contributed by atoms with E-state index in [1.807, 2.05) is 23.1 Å². The van der Waals surface area contributed by atoms with E-state index in [9.17, 15) is 9.90 Å². The molecule has 3 heterocycles. The number of fused-ring (bicyclic) bond motifs is 1. The topological polar surface area (TPSA) is 67.6 Å². The summed E-state index contributed by atoms with van der Waals surface area (Å²) in [7, 11) is 0. The summed E-state index contributed by atoms with van der Waals surface area (Å²) < 4.78 is 7.18. The number of benzene rings is 1. The van der Waals surface area contributed by atoms with Gasteiger partial charge in [-0.05, 0) is 24.8 Å². The number of aromatic nitrogens is 2. The largest absolute Gasteiger partial charge is 0.476 e. The summed E-state index contributed by atoms with van der Waals surface area (Å²) >= 11 is 0. The van der Waals surface area contributed by atoms with Crippen LogP contribution in [0.15, 0.2) is 36.4 Å². The first-order chi connectivity index (χ1) is 12.2. The third-order valence-corrected chi connectivity index (χ3v) is 5.22. The van der Waals surface area contributed by atoms with Crippen molar-refractivity contribution in [1.29, 1.82) is 0 Å². The van der Waals surface area contributed by atoms with Crippen LogP contribution in [-0.2, 0) is 13.0 Å². The number of aliphatic hydroxyl groups is 1. The molecule has 6 heteroatoms. The van der Waals surface area contributed by atoms with Crippen molar-refractivity contribution in [3.8, 4) is 5.88 Å². The van der Waals surface area contributed by atoms with Gasteiger partial charge in [0, 0.05) is 24.6 Å². The number of ether oxygens (including phenoxy) is 1. The van der Waals surface area contributed by atoms with Gasteiger partial charge in [0.05, 0.1) is 13.2 Å². The minimum Gasteiger partial charge on any atom is -0.476 e. The first-order valence-electron chi connectivity index (χ1n) is 8.84. The predicted octanol–water partition coefficient (Wildman–Crippen LogP) is 1.73. The highest BCUT2D eigenvalue weighted by atomic mass is 16.5. The SMILES string of the molecule is O=C(c1cc2n(n1)CCO2)N1CCCC(CO)(Cc2ccccc2)C1. The first kappa shape index (κ1) is 16.1. The Hall–Kier alpha value is -2.34. The molecule has 0 aliphatic carbocycles. The van der Waals surface area contributed by atoms with Crippen LogP contribution in [0.4, 0.5) is 0 Å². The summed E-state index contributed by atoms with van der Waals surface area (Å²) in [6.07, 6.45) is 2.59. The molecular weight excluding hydrogens is 318 g/mol. The Kier molecular flexibility index (Phi) is 4.21. The van der Waals surface area contributed by atoms with Crippen LogP contribution in [-0.4, -0.2) is 52.0 Å². The van der Waals surface area contributed by atoms with Gasteiger partial charge in [0.25, 0.3) is 5.91 Å². The van der Waals surface area contributed by atoms with Crippen molar-refractivity contribution >= 4 is 5.91 Å². The van der Waals surface area contributed by atoms with Crippen LogP contribution in [0.5, 0.6) is 5.88 Å². The van der Waals surface area contributed by atoms with Crippen molar-refractivity contribution in [1.82, 2.24) is 14.7 Å². The van der Waals surface area contributed by atoms with E-state index in [0.717, 1.165) is 19.3 Å². The molecule has 6 nitrogen and oxygen atoms in total. The Bertz CT molecular complexity index is 737. The second-order valence-corrected chi connectivity index (χ2v) is 7.09. The minimum atomic E-state index is -0.284. The van der Waals surface area contributed by atoms with Crippen molar-refractivity contribution < 1.29 is 14.6 Å². The number of carbonyl (C=O) groups is 1. The van der Waals surface area contributed by atoms with E-state index in [1.165, 1.54) is 5.56 Å². The zero-order valence-corrected chi connectivity index (χ0v) is 14.2. The molecule has 0 radical (unpaired) electrons. The molecular formula is C19H23N3O3. The molecule has 0 bridgehead atoms. The highest BCUT2D eigenvalue weighted by Gasteiger charge is 2.38. The normalized spacial score (nSPS) is 22.5. The Morgan fingerprint density at radius 1 is 1.28 bits per heavy atom. The molecule has 1 amide bonds. The second kappa shape index (κ2) is 6.52. The molecule has 132 valence electrons. The number of nitrogens with zero attached hydrogens (tertiary/aromatic N) is 3. The number of aliphatic hydroxyl groups excluding tert-OH is 1. The fraction of sp³-hybridized carbons (Fsp3) is 0.474. The molecule has 2 aliphatic heterocycles. The molecule has 1 atom stereocenters. The molecule has 0 saturated carbocycles. The molecule has 1 aromatic heterocycles. The lowest BCUT2D eigenvalue weighted by atomic mass is 9.75. The van der Waals surface area contributed by atoms with Crippen LogP contribution < -0.4 is 4.74 Å². The molecule has 4 rings (SSSR count). The average molecular weight is 341 g/mol. The van der Waals surface area contributed by atoms with Crippen molar-refractivity contribution in [2.75, 3.05) is 26.3 Å². The minimum absolute atomic E-state index is 0.0731. The van der Waals surface area contributed by atoms with Crippen LogP contribution in [0.1, 0.15) is 28.9 Å². The molecule has 2 aliphatic rings. The Labute approximate surface area is 147 Å². The maximum absolute atomic E-state index is 12.9. The smallest absolute Gasteiger partial charge is 0.274 e. The van der Waals surface area contributed by atoms with Gasteiger partial charge in [-0.1, -0.05) is 30.3 Å². The summed E-state index contributed by atoms with van der Waals surface area (Å²) in [6, 6.07) is 11.9. The van der Waals surface area contributed by atoms with Crippen molar-refractivity contribution in [2.24, 2.45) is 5.41 Å². The highest BCUT2D eigenvalue weighted by Crippen LogP contribution is 2.34. The van der Waals surface area contributed by atoms with Gasteiger partial charge in [-0.25, -0.2) is 4.68 Å². The number of piperidine rings is 1. The fourth-order valence-electron chi connectivity index (χ4n) is 3.92. The van der Waals surface area contributed by atoms with Crippen molar-refractivity contribution in [3.05, 3.63) is 47.7 Å². The summed E-state index contributed by atoms with van der Waals surface area (Å²) in [4.78, 5) is 14.7. The van der Waals surface area contributed by atoms with Gasteiger partial charge >= 0.3 is 0 Å². The van der Waals surface area contributed by atoms with Crippen LogP contribution in [0.25, 0.3) is 0 Å². The number of hydrogen-bond acceptors (Lipinski definition) is 4. The summed E-state index contributed by atoms with van der Waals surface area (Å²) in [5.41, 5.74) is 1.34. The van der Waals surface area contributed by atoms with E-state index in [-0.39, 0.29) is 17.9 Å². The Morgan fingerprint density at radius 2 is 2.12 bits per heavy atom. The van der Waals surface area contributed by atoms with E-state index in [1.54, 1.807) is 10.7 Å². The van der Waals surface area contributed by atoms with E-state index in [0.29, 0.717) is 37.8 Å². The van der Waals surface area contributed by atoms with Gasteiger partial charge < -0.3 is 14.7 Å². The third kappa shape index (κ3) is 3.14. The molecule has 1 saturated heterocycles. The maximum Gasteiger partial charge on any atom is 0.274 e. The lowest BCUT2D eigenvalue weighted by molar-refractivity contribution is 0.0267. The average Bonchev–Trinajstić information content (AvgIpc) is 3.24. The monoisotopic (exact) mass is 341 g/mol. The Morgan fingerprint density at radius 3 is 2.88 bits per heavy atom. The number of hydrogen-bond donors (Lipinski definition) is 1. The van der Waals surface area contributed by atoms with Gasteiger partial charge in [0.15, 0.2) is 5.69 Å². The summed E-state index contributed by atoms with van der Waals surface area (Å²) in [6.45, 7) is 2.65. The van der Waals surface area contributed by atoms with E-state index in [2.05, 4.69) is 17.2 Å². The van der Waals surface area contributed by atoms with Gasteiger partial charge in [-0.3, -0.25) is 4.79 Å². The van der Waals surface area contributed by atoms with Gasteiger partial charge in [0.1, 0.15) is 6.61 Å². The standard InChI is InChI=1S/C19H23N3O3/c23-14-19(12-15-5-2-1-3-6-15)7-4-8-21(13-19)18(24)16-11-17-22(20-16)9-10-25-17/h1-3,5-6,11,23H,4,7-10,12-14H2. The highest BCUT2D eigenvalue weighted by molar-refractivity contribution is 5.92. The van der Waals surface area contributed by atoms with Gasteiger partial charge in [-0.2, -0.15) is 5.10 Å². The van der Waals surface area contributed by atoms with Crippen LogP contribution >= 0.6 is 0 Å². The Balaban J connectivity index is 1.51. The number of likely N-dealkylation sites (tertiary alicyclic amines) is 1. The van der Waals surface area contributed by atoms with Crippen LogP contribution in [0.3, 0.4) is 0 Å². The third-order valence-electron chi connectivity index (χ3n) is 5.22. The second-order valence-electron chi connectivity index (χ2n) is 7.09. The fourth-order valence-corrected chi connectivity index (χ4v) is 3.92. The molecule has 1 unspecified atom stereocenters. The number of rotatable bonds is 4. The summed E-state index contributed by atoms with van der Waals surface area (Å²) in [5.74, 6) is 0.592. The number of carbonyl (C=O) groups excluding carboxylic acids is 1. The quantitative estimate of drug-likeness (QED) is 0.920. The molecule has 1 fully saturated rings. The number of amides is 1. The molecule has 2 aromatic rings. The van der Waals surface area contributed by atoms with Crippen LogP contribution in [0, 0.1) is 5.41 Å². The lowest BCUT2D eigenvalue weighted by Crippen LogP contribution is -2.49. The first-order valence-corrected chi connectivity index (χ1v) is 8.84. The van der Waals surface area contributed by atoms with Crippen molar-refractivity contribution in [2.45, 2.75) is 25.8 Å². The van der Waals surface area contributed by atoms with E-state index in [4.69, 9.17) is 4.74 Å². The molecule has 0 spiro atoms. The maximum atomic E-state index is 12.9.